The van der Waals surface area contributed by atoms with Crippen LogP contribution in [-0.2, 0) is 28.4 Å². The van der Waals surface area contributed by atoms with Crippen LogP contribution in [0.4, 0.5) is 0 Å². The SMILES string of the molecule is COC(=O)c1nccn([C@@H]2O[C@H](CO)[C@@H](O)[C@H]2O)c1=O.COC(=O)c1nccn([C@@H]2O[C@H](CO)[C@H]3OC(c4ccccc4)O[C@H]32)c1=O. The highest BCUT2D eigenvalue weighted by Crippen LogP contribution is 2.43. The third-order valence-electron chi connectivity index (χ3n) is 7.66. The molecule has 252 valence electrons. The Kier molecular flexibility index (Phi) is 10.5. The van der Waals surface area contributed by atoms with Gasteiger partial charge in [-0.05, 0) is 0 Å². The van der Waals surface area contributed by atoms with E-state index in [1.165, 1.54) is 36.5 Å². The van der Waals surface area contributed by atoms with Crippen LogP contribution in [0, 0.1) is 0 Å². The van der Waals surface area contributed by atoms with Crippen molar-refractivity contribution < 1.29 is 58.4 Å². The largest absolute Gasteiger partial charge is 0.464 e. The summed E-state index contributed by atoms with van der Waals surface area (Å²) in [6.45, 7) is -0.815. The monoisotopic (exact) mass is 660 g/mol. The first-order valence-electron chi connectivity index (χ1n) is 14.2. The number of benzene rings is 1. The number of methoxy groups -OCH3 is 2. The van der Waals surface area contributed by atoms with Gasteiger partial charge in [-0.3, -0.25) is 18.7 Å². The zero-order valence-corrected chi connectivity index (χ0v) is 25.0. The maximum atomic E-state index is 12.7. The molecule has 18 nitrogen and oxygen atoms in total. The predicted octanol–water partition coefficient (Wildman–Crippen LogP) is -1.96. The average molecular weight is 661 g/mol. The van der Waals surface area contributed by atoms with E-state index in [1.54, 1.807) is 0 Å². The lowest BCUT2D eigenvalue weighted by Gasteiger charge is -2.21. The highest BCUT2D eigenvalue weighted by Gasteiger charge is 2.54. The molecule has 3 aromatic rings. The van der Waals surface area contributed by atoms with Crippen molar-refractivity contribution in [2.24, 2.45) is 0 Å². The van der Waals surface area contributed by atoms with Crippen molar-refractivity contribution in [2.45, 2.75) is 55.4 Å². The van der Waals surface area contributed by atoms with E-state index >= 15 is 0 Å². The number of carbonyl (C=O) groups is 2. The minimum absolute atomic E-state index is 0.299. The molecule has 4 N–H and O–H groups in total. The van der Waals surface area contributed by atoms with Crippen LogP contribution in [-0.4, -0.2) is 116 Å². The molecule has 5 heterocycles. The van der Waals surface area contributed by atoms with E-state index in [0.29, 0.717) is 0 Å². The summed E-state index contributed by atoms with van der Waals surface area (Å²) in [4.78, 5) is 55.2. The minimum atomic E-state index is -1.42. The smallest absolute Gasteiger partial charge is 0.362 e. The lowest BCUT2D eigenvalue weighted by Crippen LogP contribution is -2.37. The van der Waals surface area contributed by atoms with Gasteiger partial charge in [0, 0.05) is 30.4 Å². The topological polar surface area (TPSA) is 240 Å². The molecule has 3 saturated heterocycles. The maximum Gasteiger partial charge on any atom is 0.362 e. The van der Waals surface area contributed by atoms with E-state index in [-0.39, 0.29) is 12.3 Å². The summed E-state index contributed by atoms with van der Waals surface area (Å²) in [5, 5.41) is 38.1. The molecule has 3 aliphatic rings. The Hall–Kier alpha value is -4.40. The van der Waals surface area contributed by atoms with Gasteiger partial charge in [0.1, 0.15) is 36.6 Å². The van der Waals surface area contributed by atoms with Crippen LogP contribution >= 0.6 is 0 Å². The average Bonchev–Trinajstić information content (AvgIpc) is 3.77. The lowest BCUT2D eigenvalue weighted by molar-refractivity contribution is -0.154. The highest BCUT2D eigenvalue weighted by atomic mass is 16.8. The second kappa shape index (κ2) is 14.6. The van der Waals surface area contributed by atoms with Crippen molar-refractivity contribution in [3.8, 4) is 0 Å². The van der Waals surface area contributed by atoms with E-state index in [1.807, 2.05) is 30.3 Å². The maximum absolute atomic E-state index is 12.7. The number of esters is 2. The number of aromatic nitrogens is 4. The number of hydrogen-bond acceptors (Lipinski definition) is 16. The Morgan fingerprint density at radius 2 is 1.26 bits per heavy atom. The normalized spacial score (nSPS) is 29.4. The first kappa shape index (κ1) is 33.9. The zero-order chi connectivity index (χ0) is 33.8. The third kappa shape index (κ3) is 6.58. The Bertz CT molecular complexity index is 1680. The molecule has 2 aromatic heterocycles. The van der Waals surface area contributed by atoms with Gasteiger partial charge in [-0.2, -0.15) is 0 Å². The van der Waals surface area contributed by atoms with E-state index in [2.05, 4.69) is 19.4 Å². The Morgan fingerprint density at radius 3 is 1.77 bits per heavy atom. The first-order chi connectivity index (χ1) is 22.6. The van der Waals surface area contributed by atoms with Crippen LogP contribution in [0.3, 0.4) is 0 Å². The standard InChI is InChI=1S/C18H18N2O7.C11H14N2O7/c1-24-17(23)12-15(22)20(8-7-19-12)16-14-13(11(9-21)25-16)26-18(27-14)10-5-3-2-4-6-10;1-19-11(18)6-9(17)13(3-2-12-6)10-8(16)7(15)5(4-14)20-10/h2-8,11,13-14,16,18,21H,9H2,1H3;2-3,5,7-8,10,14-16H,4H2,1H3/t11-,13-,14-,16-,18?;5-,7-,8-,10-/m11/s1. The number of aliphatic hydroxyl groups excluding tert-OH is 4. The summed E-state index contributed by atoms with van der Waals surface area (Å²) in [5.74, 6) is -1.76. The van der Waals surface area contributed by atoms with Crippen LogP contribution in [0.1, 0.15) is 45.3 Å². The molecule has 0 radical (unpaired) electrons. The molecular weight excluding hydrogens is 628 g/mol. The molecule has 0 aliphatic carbocycles. The molecule has 1 unspecified atom stereocenters. The molecule has 0 saturated carbocycles. The molecule has 0 spiro atoms. The Labute approximate surface area is 265 Å². The van der Waals surface area contributed by atoms with Gasteiger partial charge in [0.15, 0.2) is 18.7 Å². The quantitative estimate of drug-likeness (QED) is 0.201. The number of nitrogens with zero attached hydrogens (tertiary/aromatic N) is 4. The Morgan fingerprint density at radius 1 is 0.745 bits per heavy atom. The van der Waals surface area contributed by atoms with Crippen molar-refractivity contribution in [3.63, 3.8) is 0 Å². The fraction of sp³-hybridized carbons (Fsp3) is 0.448. The van der Waals surface area contributed by atoms with Gasteiger partial charge < -0.3 is 48.8 Å². The Balaban J connectivity index is 0.000000194. The molecule has 3 aliphatic heterocycles. The summed E-state index contributed by atoms with van der Waals surface area (Å²) in [5.41, 5.74) is -1.49. The summed E-state index contributed by atoms with van der Waals surface area (Å²) < 4.78 is 34.1. The number of carbonyl (C=O) groups excluding carboxylic acids is 2. The van der Waals surface area contributed by atoms with E-state index in [0.717, 1.165) is 17.2 Å². The van der Waals surface area contributed by atoms with Gasteiger partial charge in [0.2, 0.25) is 11.4 Å². The van der Waals surface area contributed by atoms with E-state index in [4.69, 9.17) is 24.1 Å². The number of ether oxygens (including phenoxy) is 6. The summed E-state index contributed by atoms with van der Waals surface area (Å²) in [6, 6.07) is 9.34. The van der Waals surface area contributed by atoms with Gasteiger partial charge in [0.05, 0.1) is 27.4 Å². The first-order valence-corrected chi connectivity index (χ1v) is 14.2. The van der Waals surface area contributed by atoms with Gasteiger partial charge in [-0.1, -0.05) is 30.3 Å². The second-order valence-electron chi connectivity index (χ2n) is 10.4. The molecule has 47 heavy (non-hydrogen) atoms. The summed E-state index contributed by atoms with van der Waals surface area (Å²) >= 11 is 0. The molecule has 18 heteroatoms. The number of fused-ring (bicyclic) bond motifs is 1. The van der Waals surface area contributed by atoms with Gasteiger partial charge in [-0.15, -0.1) is 0 Å². The predicted molar refractivity (Wildman–Crippen MR) is 153 cm³/mol. The minimum Gasteiger partial charge on any atom is -0.464 e. The molecule has 1 aromatic carbocycles. The van der Waals surface area contributed by atoms with Crippen LogP contribution in [0.25, 0.3) is 0 Å². The molecule has 0 bridgehead atoms. The highest BCUT2D eigenvalue weighted by molar-refractivity contribution is 5.87. The number of rotatable bonds is 7. The van der Waals surface area contributed by atoms with Crippen molar-refractivity contribution in [1.82, 2.24) is 19.1 Å². The van der Waals surface area contributed by atoms with E-state index in [9.17, 15) is 34.5 Å². The van der Waals surface area contributed by atoms with Crippen LogP contribution in [0.15, 0.2) is 64.7 Å². The van der Waals surface area contributed by atoms with Crippen molar-refractivity contribution >= 4 is 11.9 Å². The molecular formula is C29H32N4O14. The fourth-order valence-corrected chi connectivity index (χ4v) is 5.31. The molecule has 0 amide bonds. The molecule has 9 atom stereocenters. The van der Waals surface area contributed by atoms with Crippen LogP contribution in [0.2, 0.25) is 0 Å². The fourth-order valence-electron chi connectivity index (χ4n) is 5.31. The lowest BCUT2D eigenvalue weighted by atomic mass is 10.1. The van der Waals surface area contributed by atoms with Gasteiger partial charge in [-0.25, -0.2) is 19.6 Å². The zero-order valence-electron chi connectivity index (χ0n) is 25.0. The number of aliphatic hydroxyl groups is 4. The van der Waals surface area contributed by atoms with Gasteiger partial charge in [0.25, 0.3) is 11.1 Å². The van der Waals surface area contributed by atoms with Gasteiger partial charge >= 0.3 is 11.9 Å². The van der Waals surface area contributed by atoms with Crippen LogP contribution < -0.4 is 11.1 Å². The van der Waals surface area contributed by atoms with Crippen molar-refractivity contribution in [3.05, 3.63) is 92.8 Å². The van der Waals surface area contributed by atoms with Crippen molar-refractivity contribution in [2.75, 3.05) is 27.4 Å². The molecule has 3 fully saturated rings. The third-order valence-corrected chi connectivity index (χ3v) is 7.66. The summed E-state index contributed by atoms with van der Waals surface area (Å²) in [7, 11) is 2.27. The van der Waals surface area contributed by atoms with E-state index < -0.39 is 90.7 Å². The van der Waals surface area contributed by atoms with Crippen molar-refractivity contribution in [1.29, 1.82) is 0 Å². The van der Waals surface area contributed by atoms with Crippen LogP contribution in [0.5, 0.6) is 0 Å². The second-order valence-corrected chi connectivity index (χ2v) is 10.4. The molecule has 6 rings (SSSR count). The number of hydrogen-bond donors (Lipinski definition) is 4. The summed E-state index contributed by atoms with van der Waals surface area (Å²) in [6.07, 6.45) is -3.31.